The van der Waals surface area contributed by atoms with E-state index in [-0.39, 0.29) is 5.60 Å². The molecule has 0 bridgehead atoms. The van der Waals surface area contributed by atoms with Crippen LogP contribution in [-0.4, -0.2) is 18.8 Å². The van der Waals surface area contributed by atoms with Gasteiger partial charge in [0.2, 0.25) is 0 Å². The van der Waals surface area contributed by atoms with E-state index in [9.17, 15) is 0 Å². The molecule has 0 aromatic carbocycles. The van der Waals surface area contributed by atoms with Crippen LogP contribution in [0.4, 0.5) is 0 Å². The number of thiophene rings is 1. The van der Waals surface area contributed by atoms with Gasteiger partial charge in [-0.3, -0.25) is 0 Å². The third kappa shape index (κ3) is 4.24. The van der Waals surface area contributed by atoms with Gasteiger partial charge in [0.05, 0.1) is 5.60 Å². The zero-order valence-electron chi connectivity index (χ0n) is 10.7. The average molecular weight is 241 g/mol. The summed E-state index contributed by atoms with van der Waals surface area (Å²) in [5.74, 6) is 0. The highest BCUT2D eigenvalue weighted by Gasteiger charge is 2.19. The first-order valence-electron chi connectivity index (χ1n) is 5.99. The van der Waals surface area contributed by atoms with Gasteiger partial charge in [-0.2, -0.15) is 0 Å². The van der Waals surface area contributed by atoms with Crippen LogP contribution in [0.5, 0.6) is 0 Å². The maximum atomic E-state index is 5.68. The lowest BCUT2D eigenvalue weighted by Gasteiger charge is -2.27. The summed E-state index contributed by atoms with van der Waals surface area (Å²) in [6.07, 6.45) is 1.11. The van der Waals surface area contributed by atoms with Crippen LogP contribution in [0.25, 0.3) is 0 Å². The van der Waals surface area contributed by atoms with E-state index in [2.05, 4.69) is 43.6 Å². The van der Waals surface area contributed by atoms with E-state index < -0.39 is 0 Å². The van der Waals surface area contributed by atoms with Gasteiger partial charge >= 0.3 is 0 Å². The molecule has 0 aliphatic heterocycles. The van der Waals surface area contributed by atoms with Crippen molar-refractivity contribution in [1.82, 2.24) is 5.32 Å². The highest BCUT2D eigenvalue weighted by atomic mass is 32.1. The molecule has 0 amide bonds. The molecule has 1 rings (SSSR count). The summed E-state index contributed by atoms with van der Waals surface area (Å²) in [6, 6.07) is 4.76. The van der Waals surface area contributed by atoms with Crippen molar-refractivity contribution >= 4 is 11.3 Å². The third-order valence-electron chi connectivity index (χ3n) is 2.60. The van der Waals surface area contributed by atoms with Crippen LogP contribution >= 0.6 is 11.3 Å². The smallest absolute Gasteiger partial charge is 0.0750 e. The molecule has 92 valence electrons. The number of rotatable bonds is 7. The van der Waals surface area contributed by atoms with Crippen molar-refractivity contribution < 1.29 is 4.74 Å². The molecular formula is C13H23NOS. The van der Waals surface area contributed by atoms with Gasteiger partial charge in [-0.25, -0.2) is 0 Å². The second-order valence-corrected chi connectivity index (χ2v) is 5.53. The van der Waals surface area contributed by atoms with Gasteiger partial charge in [0.25, 0.3) is 0 Å². The summed E-state index contributed by atoms with van der Waals surface area (Å²) < 4.78 is 5.68. The Morgan fingerprint density at radius 1 is 1.44 bits per heavy atom. The van der Waals surface area contributed by atoms with E-state index in [1.807, 2.05) is 18.3 Å². The summed E-state index contributed by atoms with van der Waals surface area (Å²) in [6.45, 7) is 10.2. The van der Waals surface area contributed by atoms with Crippen LogP contribution in [0.2, 0.25) is 0 Å². The second-order valence-electron chi connectivity index (χ2n) is 4.55. The molecule has 1 aromatic heterocycles. The van der Waals surface area contributed by atoms with E-state index in [0.717, 1.165) is 19.6 Å². The van der Waals surface area contributed by atoms with Crippen molar-refractivity contribution in [2.24, 2.45) is 0 Å². The minimum atomic E-state index is -0.0839. The van der Waals surface area contributed by atoms with Crippen molar-refractivity contribution in [3.8, 4) is 0 Å². The lowest BCUT2D eigenvalue weighted by atomic mass is 10.1. The van der Waals surface area contributed by atoms with Gasteiger partial charge in [-0.15, -0.1) is 11.3 Å². The highest BCUT2D eigenvalue weighted by molar-refractivity contribution is 7.10. The van der Waals surface area contributed by atoms with Gasteiger partial charge in [-0.05, 0) is 38.6 Å². The molecule has 1 aromatic rings. The second kappa shape index (κ2) is 6.38. The van der Waals surface area contributed by atoms with Crippen molar-refractivity contribution in [2.45, 2.75) is 45.8 Å². The Morgan fingerprint density at radius 2 is 2.19 bits per heavy atom. The molecule has 0 saturated heterocycles. The third-order valence-corrected chi connectivity index (χ3v) is 3.59. The molecule has 16 heavy (non-hydrogen) atoms. The van der Waals surface area contributed by atoms with Crippen LogP contribution in [0.15, 0.2) is 17.5 Å². The number of hydrogen-bond donors (Lipinski definition) is 1. The topological polar surface area (TPSA) is 21.3 Å². The standard InChI is InChI=1S/C13H23NOS/c1-5-11(12-8-7-9-16-12)14-10-13(3,4)15-6-2/h7-9,11,14H,5-6,10H2,1-4H3. The van der Waals surface area contributed by atoms with Crippen LogP contribution in [0.1, 0.15) is 45.0 Å². The van der Waals surface area contributed by atoms with Gasteiger partial charge < -0.3 is 10.1 Å². The first-order valence-corrected chi connectivity index (χ1v) is 6.87. The molecule has 1 atom stereocenters. The first-order chi connectivity index (χ1) is 7.59. The maximum absolute atomic E-state index is 5.68. The lowest BCUT2D eigenvalue weighted by Crippen LogP contribution is -2.39. The van der Waals surface area contributed by atoms with Crippen LogP contribution < -0.4 is 5.32 Å². The Morgan fingerprint density at radius 3 is 2.69 bits per heavy atom. The minimum Gasteiger partial charge on any atom is -0.375 e. The molecule has 3 heteroatoms. The summed E-state index contributed by atoms with van der Waals surface area (Å²) in [5, 5.41) is 5.71. The molecule has 1 N–H and O–H groups in total. The molecular weight excluding hydrogens is 218 g/mol. The fraction of sp³-hybridized carbons (Fsp3) is 0.692. The predicted molar refractivity (Wildman–Crippen MR) is 71.1 cm³/mol. The SMILES string of the molecule is CCOC(C)(C)CNC(CC)c1cccs1. The van der Waals surface area contributed by atoms with E-state index >= 15 is 0 Å². The van der Waals surface area contributed by atoms with Crippen LogP contribution in [0.3, 0.4) is 0 Å². The fourth-order valence-electron chi connectivity index (χ4n) is 1.75. The van der Waals surface area contributed by atoms with Crippen molar-refractivity contribution in [3.05, 3.63) is 22.4 Å². The molecule has 0 aliphatic rings. The van der Waals surface area contributed by atoms with Gasteiger partial charge in [0.1, 0.15) is 0 Å². The van der Waals surface area contributed by atoms with Gasteiger partial charge in [0, 0.05) is 24.1 Å². The Balaban J connectivity index is 2.46. The Hall–Kier alpha value is -0.380. The normalized spacial score (nSPS) is 14.0. The van der Waals surface area contributed by atoms with Gasteiger partial charge in [-0.1, -0.05) is 13.0 Å². The number of nitrogens with one attached hydrogen (secondary N) is 1. The highest BCUT2D eigenvalue weighted by Crippen LogP contribution is 2.22. The molecule has 0 radical (unpaired) electrons. The van der Waals surface area contributed by atoms with Gasteiger partial charge in [0.15, 0.2) is 0 Å². The Labute approximate surface area is 103 Å². The summed E-state index contributed by atoms with van der Waals surface area (Å²) in [7, 11) is 0. The minimum absolute atomic E-state index is 0.0839. The molecule has 0 saturated carbocycles. The van der Waals surface area contributed by atoms with Crippen LogP contribution in [0, 0.1) is 0 Å². The molecule has 0 aliphatic carbocycles. The lowest BCUT2D eigenvalue weighted by molar-refractivity contribution is -0.0106. The maximum Gasteiger partial charge on any atom is 0.0750 e. The zero-order chi connectivity index (χ0) is 12.0. The van der Waals surface area contributed by atoms with E-state index in [1.165, 1.54) is 4.88 Å². The zero-order valence-corrected chi connectivity index (χ0v) is 11.6. The van der Waals surface area contributed by atoms with E-state index in [1.54, 1.807) is 0 Å². The quantitative estimate of drug-likeness (QED) is 0.787. The molecule has 1 unspecified atom stereocenters. The number of hydrogen-bond acceptors (Lipinski definition) is 3. The molecule has 1 heterocycles. The largest absolute Gasteiger partial charge is 0.375 e. The van der Waals surface area contributed by atoms with Crippen molar-refractivity contribution in [1.29, 1.82) is 0 Å². The van der Waals surface area contributed by atoms with E-state index in [0.29, 0.717) is 6.04 Å². The summed E-state index contributed by atoms with van der Waals surface area (Å²) >= 11 is 1.82. The molecule has 0 fully saturated rings. The van der Waals surface area contributed by atoms with Crippen molar-refractivity contribution in [2.75, 3.05) is 13.2 Å². The predicted octanol–water partition coefficient (Wildman–Crippen LogP) is 3.60. The first kappa shape index (κ1) is 13.7. The summed E-state index contributed by atoms with van der Waals surface area (Å²) in [5.41, 5.74) is -0.0839. The Kier molecular flexibility index (Phi) is 5.46. The Bertz CT molecular complexity index is 282. The summed E-state index contributed by atoms with van der Waals surface area (Å²) in [4.78, 5) is 1.41. The van der Waals surface area contributed by atoms with Crippen LogP contribution in [-0.2, 0) is 4.74 Å². The van der Waals surface area contributed by atoms with Crippen molar-refractivity contribution in [3.63, 3.8) is 0 Å². The average Bonchev–Trinajstić information content (AvgIpc) is 2.72. The molecule has 0 spiro atoms. The molecule has 2 nitrogen and oxygen atoms in total. The number of ether oxygens (including phenoxy) is 1. The van der Waals surface area contributed by atoms with E-state index in [4.69, 9.17) is 4.74 Å². The fourth-order valence-corrected chi connectivity index (χ4v) is 2.63. The monoisotopic (exact) mass is 241 g/mol.